The monoisotopic (exact) mass is 284 g/mol. The Morgan fingerprint density at radius 2 is 2.11 bits per heavy atom. The molecule has 0 aliphatic heterocycles. The summed E-state index contributed by atoms with van der Waals surface area (Å²) in [6, 6.07) is 3.85. The fourth-order valence-electron chi connectivity index (χ4n) is 1.66. The number of nitrogens with one attached hydrogen (secondary N) is 1. The number of hydrogen-bond donors (Lipinski definition) is 2. The summed E-state index contributed by atoms with van der Waals surface area (Å²) in [6.45, 7) is 1.67. The lowest BCUT2D eigenvalue weighted by Gasteiger charge is -2.11. The minimum Gasteiger partial charge on any atom is -0.381 e. The maximum atomic E-state index is 13.1. The van der Waals surface area contributed by atoms with Gasteiger partial charge in [-0.2, -0.15) is 8.42 Å². The molecule has 3 N–H and O–H groups in total. The van der Waals surface area contributed by atoms with E-state index in [1.807, 2.05) is 0 Å². The number of halogens is 1. The van der Waals surface area contributed by atoms with Gasteiger partial charge in [-0.15, -0.1) is 0 Å². The van der Waals surface area contributed by atoms with Crippen molar-refractivity contribution in [2.75, 3.05) is 10.5 Å². The second-order valence-electron chi connectivity index (χ2n) is 4.11. The van der Waals surface area contributed by atoms with Crippen LogP contribution in [0.25, 0.3) is 0 Å². The Hall–Kier alpha value is -2.09. The van der Waals surface area contributed by atoms with E-state index in [2.05, 4.69) is 9.71 Å². The van der Waals surface area contributed by atoms with Crippen molar-refractivity contribution in [3.63, 3.8) is 0 Å². The number of imidazole rings is 1. The molecule has 1 aromatic carbocycles. The van der Waals surface area contributed by atoms with E-state index < -0.39 is 15.8 Å². The van der Waals surface area contributed by atoms with Crippen molar-refractivity contribution in [1.82, 2.24) is 9.55 Å². The third-order valence-electron chi connectivity index (χ3n) is 2.61. The van der Waals surface area contributed by atoms with Gasteiger partial charge in [-0.1, -0.05) is 6.07 Å². The van der Waals surface area contributed by atoms with Gasteiger partial charge in [0.15, 0.2) is 10.8 Å². The molecule has 0 amide bonds. The van der Waals surface area contributed by atoms with Crippen molar-refractivity contribution in [3.8, 4) is 0 Å². The van der Waals surface area contributed by atoms with Crippen LogP contribution in [0.5, 0.6) is 0 Å². The number of nitrogen functional groups attached to an aromatic ring is 1. The third kappa shape index (κ3) is 2.53. The zero-order valence-corrected chi connectivity index (χ0v) is 11.2. The van der Waals surface area contributed by atoms with Crippen LogP contribution in [0, 0.1) is 12.7 Å². The van der Waals surface area contributed by atoms with Crippen molar-refractivity contribution < 1.29 is 12.8 Å². The highest BCUT2D eigenvalue weighted by molar-refractivity contribution is 7.92. The van der Waals surface area contributed by atoms with Gasteiger partial charge < -0.3 is 10.3 Å². The Kier molecular flexibility index (Phi) is 3.19. The average molecular weight is 284 g/mol. The molecule has 2 rings (SSSR count). The molecule has 8 heteroatoms. The average Bonchev–Trinajstić information content (AvgIpc) is 2.64. The summed E-state index contributed by atoms with van der Waals surface area (Å²) < 4.78 is 41.1. The number of nitrogens with two attached hydrogens (primary N) is 1. The molecular formula is C11H13FN4O2S. The van der Waals surface area contributed by atoms with Gasteiger partial charge in [0.1, 0.15) is 5.82 Å². The first-order chi connectivity index (χ1) is 8.81. The standard InChI is InChI=1S/C11H13FN4O2S/c1-7-3-4-8(12)5-9(7)15-19(17,18)11-10(13)14-6-16(11)2/h3-6,15H,13H2,1-2H3. The summed E-state index contributed by atoms with van der Waals surface area (Å²) in [6.07, 6.45) is 1.29. The second-order valence-corrected chi connectivity index (χ2v) is 5.71. The zero-order valence-electron chi connectivity index (χ0n) is 10.4. The van der Waals surface area contributed by atoms with E-state index in [1.165, 1.54) is 30.1 Å². The quantitative estimate of drug-likeness (QED) is 0.887. The van der Waals surface area contributed by atoms with E-state index in [1.54, 1.807) is 6.92 Å². The van der Waals surface area contributed by atoms with Gasteiger partial charge >= 0.3 is 0 Å². The number of aromatic nitrogens is 2. The first kappa shape index (κ1) is 13.3. The van der Waals surface area contributed by atoms with Crippen molar-refractivity contribution in [3.05, 3.63) is 35.9 Å². The first-order valence-corrected chi connectivity index (χ1v) is 6.85. The van der Waals surface area contributed by atoms with Gasteiger partial charge in [0.2, 0.25) is 0 Å². The number of benzene rings is 1. The maximum absolute atomic E-state index is 13.1. The SMILES string of the molecule is Cc1ccc(F)cc1NS(=O)(=O)c1c(N)ncn1C. The molecule has 0 fully saturated rings. The molecule has 0 saturated carbocycles. The molecule has 19 heavy (non-hydrogen) atoms. The van der Waals surface area contributed by atoms with E-state index in [0.29, 0.717) is 5.56 Å². The van der Waals surface area contributed by atoms with Gasteiger partial charge in [-0.3, -0.25) is 4.72 Å². The molecule has 6 nitrogen and oxygen atoms in total. The number of anilines is 2. The molecule has 0 spiro atoms. The molecule has 0 radical (unpaired) electrons. The lowest BCUT2D eigenvalue weighted by atomic mass is 10.2. The zero-order chi connectivity index (χ0) is 14.2. The van der Waals surface area contributed by atoms with Crippen molar-refractivity contribution in [2.45, 2.75) is 11.9 Å². The Bertz CT molecular complexity index is 705. The van der Waals surface area contributed by atoms with Crippen LogP contribution in [0.3, 0.4) is 0 Å². The summed E-state index contributed by atoms with van der Waals surface area (Å²) in [5.41, 5.74) is 6.29. The normalized spacial score (nSPS) is 11.5. The number of sulfonamides is 1. The first-order valence-electron chi connectivity index (χ1n) is 5.37. The summed E-state index contributed by atoms with van der Waals surface area (Å²) in [4.78, 5) is 3.71. The Balaban J connectivity index is 2.45. The molecule has 0 unspecified atom stereocenters. The van der Waals surface area contributed by atoms with E-state index in [-0.39, 0.29) is 16.5 Å². The van der Waals surface area contributed by atoms with Gasteiger partial charge in [0, 0.05) is 7.05 Å². The predicted molar refractivity (Wildman–Crippen MR) is 69.6 cm³/mol. The molecule has 0 aliphatic rings. The maximum Gasteiger partial charge on any atom is 0.281 e. The Morgan fingerprint density at radius 1 is 1.42 bits per heavy atom. The van der Waals surface area contributed by atoms with Crippen LogP contribution in [0.4, 0.5) is 15.9 Å². The summed E-state index contributed by atoms with van der Waals surface area (Å²) >= 11 is 0. The van der Waals surface area contributed by atoms with E-state index in [9.17, 15) is 12.8 Å². The molecule has 0 aliphatic carbocycles. The van der Waals surface area contributed by atoms with E-state index in [0.717, 1.165) is 6.07 Å². The second kappa shape index (κ2) is 4.54. The summed E-state index contributed by atoms with van der Waals surface area (Å²) in [5, 5.41) is -0.156. The minimum atomic E-state index is -3.91. The highest BCUT2D eigenvalue weighted by Crippen LogP contribution is 2.22. The number of hydrogen-bond acceptors (Lipinski definition) is 4. The number of aryl methyl sites for hydroxylation is 2. The lowest BCUT2D eigenvalue weighted by Crippen LogP contribution is -2.18. The van der Waals surface area contributed by atoms with Gasteiger partial charge in [-0.25, -0.2) is 9.37 Å². The number of rotatable bonds is 3. The van der Waals surface area contributed by atoms with Crippen molar-refractivity contribution >= 4 is 21.5 Å². The molecule has 0 atom stereocenters. The van der Waals surface area contributed by atoms with Crippen molar-refractivity contribution in [1.29, 1.82) is 0 Å². The molecule has 0 bridgehead atoms. The smallest absolute Gasteiger partial charge is 0.281 e. The molecule has 1 aromatic heterocycles. The highest BCUT2D eigenvalue weighted by atomic mass is 32.2. The van der Waals surface area contributed by atoms with Gasteiger partial charge in [0.05, 0.1) is 12.0 Å². The summed E-state index contributed by atoms with van der Waals surface area (Å²) in [7, 11) is -2.40. The highest BCUT2D eigenvalue weighted by Gasteiger charge is 2.23. The van der Waals surface area contributed by atoms with Gasteiger partial charge in [-0.05, 0) is 24.6 Å². The topological polar surface area (TPSA) is 90.0 Å². The fourth-order valence-corrected chi connectivity index (χ4v) is 3.02. The predicted octanol–water partition coefficient (Wildman–Crippen LogP) is 1.25. The molecule has 1 heterocycles. The Labute approximate surface area is 110 Å². The van der Waals surface area contributed by atoms with E-state index in [4.69, 9.17) is 5.73 Å². The van der Waals surface area contributed by atoms with Crippen LogP contribution < -0.4 is 10.5 Å². The van der Waals surface area contributed by atoms with Crippen LogP contribution in [0.2, 0.25) is 0 Å². The van der Waals surface area contributed by atoms with Crippen LogP contribution in [0.15, 0.2) is 29.6 Å². The third-order valence-corrected chi connectivity index (χ3v) is 4.10. The van der Waals surface area contributed by atoms with Gasteiger partial charge in [0.25, 0.3) is 10.0 Å². The van der Waals surface area contributed by atoms with E-state index >= 15 is 0 Å². The molecular weight excluding hydrogens is 271 g/mol. The summed E-state index contributed by atoms with van der Waals surface area (Å²) in [5.74, 6) is -0.634. The largest absolute Gasteiger partial charge is 0.381 e. The van der Waals surface area contributed by atoms with Crippen LogP contribution in [0.1, 0.15) is 5.56 Å². The lowest BCUT2D eigenvalue weighted by molar-refractivity contribution is 0.591. The van der Waals surface area contributed by atoms with Crippen LogP contribution >= 0.6 is 0 Å². The molecule has 2 aromatic rings. The molecule has 0 saturated heterocycles. The number of nitrogens with zero attached hydrogens (tertiary/aromatic N) is 2. The Morgan fingerprint density at radius 3 is 2.68 bits per heavy atom. The molecule has 102 valence electrons. The fraction of sp³-hybridized carbons (Fsp3) is 0.182. The van der Waals surface area contributed by atoms with Crippen LogP contribution in [-0.4, -0.2) is 18.0 Å². The van der Waals surface area contributed by atoms with Crippen molar-refractivity contribution in [2.24, 2.45) is 7.05 Å². The van der Waals surface area contributed by atoms with Crippen LogP contribution in [-0.2, 0) is 17.1 Å². The minimum absolute atomic E-state index is 0.107.